The van der Waals surface area contributed by atoms with Crippen molar-refractivity contribution in [3.8, 4) is 0 Å². The molecular formula is C12H15ClN2O2. The molecule has 0 aromatic carbocycles. The van der Waals surface area contributed by atoms with Gasteiger partial charge >= 0.3 is 5.97 Å². The maximum absolute atomic E-state index is 10.8. The zero-order chi connectivity index (χ0) is 12.3. The number of nitrogens with one attached hydrogen (secondary N) is 1. The summed E-state index contributed by atoms with van der Waals surface area (Å²) in [5.74, 6) is 0.367. The lowest BCUT2D eigenvalue weighted by Crippen LogP contribution is -2.16. The van der Waals surface area contributed by atoms with E-state index in [1.54, 1.807) is 0 Å². The SMILES string of the molecule is O=C(O)c1cc(Cl)nc(NCCC2CCC2)c1. The van der Waals surface area contributed by atoms with Gasteiger partial charge in [-0.2, -0.15) is 0 Å². The summed E-state index contributed by atoms with van der Waals surface area (Å²) in [6.45, 7) is 0.817. The van der Waals surface area contributed by atoms with Crippen molar-refractivity contribution in [1.29, 1.82) is 0 Å². The third-order valence-corrected chi connectivity index (χ3v) is 3.32. The molecule has 92 valence electrons. The van der Waals surface area contributed by atoms with E-state index >= 15 is 0 Å². The second-order valence-corrected chi connectivity index (χ2v) is 4.77. The minimum absolute atomic E-state index is 0.163. The average Bonchev–Trinajstić information content (AvgIpc) is 2.21. The number of aromatic nitrogens is 1. The number of carboxylic acids is 1. The molecule has 1 aliphatic carbocycles. The molecule has 4 nitrogen and oxygen atoms in total. The first kappa shape index (κ1) is 12.2. The van der Waals surface area contributed by atoms with Crippen LogP contribution in [0, 0.1) is 5.92 Å². The highest BCUT2D eigenvalue weighted by molar-refractivity contribution is 6.29. The van der Waals surface area contributed by atoms with Crippen LogP contribution in [0.15, 0.2) is 12.1 Å². The summed E-state index contributed by atoms with van der Waals surface area (Å²) in [6.07, 6.45) is 5.07. The third kappa shape index (κ3) is 3.33. The van der Waals surface area contributed by atoms with Crippen LogP contribution in [-0.2, 0) is 0 Å². The minimum atomic E-state index is -0.989. The van der Waals surface area contributed by atoms with Gasteiger partial charge in [0.05, 0.1) is 5.56 Å². The Morgan fingerprint density at radius 2 is 2.29 bits per heavy atom. The Kier molecular flexibility index (Phi) is 3.84. The molecule has 0 saturated heterocycles. The molecule has 2 rings (SSSR count). The fraction of sp³-hybridized carbons (Fsp3) is 0.500. The second kappa shape index (κ2) is 5.36. The van der Waals surface area contributed by atoms with Gasteiger partial charge in [-0.3, -0.25) is 0 Å². The fourth-order valence-corrected chi connectivity index (χ4v) is 2.11. The number of pyridine rings is 1. The molecule has 1 saturated carbocycles. The Balaban J connectivity index is 1.92. The van der Waals surface area contributed by atoms with Crippen molar-refractivity contribution in [2.75, 3.05) is 11.9 Å². The number of aromatic carboxylic acids is 1. The van der Waals surface area contributed by atoms with E-state index in [4.69, 9.17) is 16.7 Å². The lowest BCUT2D eigenvalue weighted by Gasteiger charge is -2.25. The lowest BCUT2D eigenvalue weighted by atomic mass is 9.83. The molecule has 5 heteroatoms. The van der Waals surface area contributed by atoms with Crippen LogP contribution >= 0.6 is 11.6 Å². The van der Waals surface area contributed by atoms with Gasteiger partial charge in [-0.15, -0.1) is 0 Å². The maximum Gasteiger partial charge on any atom is 0.335 e. The molecule has 0 unspecified atom stereocenters. The lowest BCUT2D eigenvalue weighted by molar-refractivity contribution is 0.0697. The van der Waals surface area contributed by atoms with Crippen molar-refractivity contribution in [2.45, 2.75) is 25.7 Å². The van der Waals surface area contributed by atoms with Crippen LogP contribution in [0.2, 0.25) is 5.15 Å². The Bertz CT molecular complexity index is 419. The molecule has 1 fully saturated rings. The number of nitrogens with zero attached hydrogens (tertiary/aromatic N) is 1. The number of anilines is 1. The number of rotatable bonds is 5. The standard InChI is InChI=1S/C12H15ClN2O2/c13-10-6-9(12(16)17)7-11(15-10)14-5-4-8-2-1-3-8/h6-8H,1-5H2,(H,14,15)(H,16,17). The molecular weight excluding hydrogens is 240 g/mol. The largest absolute Gasteiger partial charge is 0.478 e. The summed E-state index contributed by atoms with van der Waals surface area (Å²) in [4.78, 5) is 14.9. The summed E-state index contributed by atoms with van der Waals surface area (Å²) in [5.41, 5.74) is 0.163. The summed E-state index contributed by atoms with van der Waals surface area (Å²) in [7, 11) is 0. The molecule has 1 aromatic heterocycles. The van der Waals surface area contributed by atoms with Crippen molar-refractivity contribution >= 4 is 23.4 Å². The van der Waals surface area contributed by atoms with Crippen molar-refractivity contribution in [3.05, 3.63) is 22.8 Å². The highest BCUT2D eigenvalue weighted by Gasteiger charge is 2.16. The van der Waals surface area contributed by atoms with Crippen LogP contribution in [0.25, 0.3) is 0 Å². The Hall–Kier alpha value is -1.29. The van der Waals surface area contributed by atoms with Gasteiger partial charge < -0.3 is 10.4 Å². The number of halogens is 1. The molecule has 0 bridgehead atoms. The molecule has 1 heterocycles. The van der Waals surface area contributed by atoms with Gasteiger partial charge in [0, 0.05) is 6.54 Å². The summed E-state index contributed by atoms with van der Waals surface area (Å²) >= 11 is 5.76. The maximum atomic E-state index is 10.8. The fourth-order valence-electron chi connectivity index (χ4n) is 1.90. The smallest absolute Gasteiger partial charge is 0.335 e. The highest BCUT2D eigenvalue weighted by Crippen LogP contribution is 2.29. The molecule has 0 aliphatic heterocycles. The van der Waals surface area contributed by atoms with E-state index in [1.165, 1.54) is 31.4 Å². The molecule has 0 spiro atoms. The zero-order valence-electron chi connectivity index (χ0n) is 9.45. The van der Waals surface area contributed by atoms with Crippen LogP contribution in [0.5, 0.6) is 0 Å². The minimum Gasteiger partial charge on any atom is -0.478 e. The van der Waals surface area contributed by atoms with E-state index in [0.29, 0.717) is 5.82 Å². The van der Waals surface area contributed by atoms with Crippen molar-refractivity contribution in [2.24, 2.45) is 5.92 Å². The number of carboxylic acid groups (broad SMARTS) is 1. The first-order chi connectivity index (χ1) is 8.15. The van der Waals surface area contributed by atoms with Gasteiger partial charge in [-0.25, -0.2) is 9.78 Å². The van der Waals surface area contributed by atoms with E-state index in [-0.39, 0.29) is 10.7 Å². The van der Waals surface area contributed by atoms with Crippen LogP contribution < -0.4 is 5.32 Å². The molecule has 2 N–H and O–H groups in total. The van der Waals surface area contributed by atoms with Gasteiger partial charge in [0.25, 0.3) is 0 Å². The van der Waals surface area contributed by atoms with E-state index in [1.807, 2.05) is 0 Å². The summed E-state index contributed by atoms with van der Waals surface area (Å²) < 4.78 is 0. The van der Waals surface area contributed by atoms with Gasteiger partial charge in [0.15, 0.2) is 0 Å². The Morgan fingerprint density at radius 1 is 1.53 bits per heavy atom. The first-order valence-electron chi connectivity index (χ1n) is 5.80. The number of carbonyl (C=O) groups is 1. The predicted octanol–water partition coefficient (Wildman–Crippen LogP) is 3.04. The first-order valence-corrected chi connectivity index (χ1v) is 6.17. The Labute approximate surface area is 105 Å². The van der Waals surface area contributed by atoms with Crippen molar-refractivity contribution in [3.63, 3.8) is 0 Å². The average molecular weight is 255 g/mol. The highest BCUT2D eigenvalue weighted by atomic mass is 35.5. The molecule has 17 heavy (non-hydrogen) atoms. The quantitative estimate of drug-likeness (QED) is 0.793. The van der Waals surface area contributed by atoms with E-state index < -0.39 is 5.97 Å². The van der Waals surface area contributed by atoms with E-state index in [9.17, 15) is 4.79 Å². The van der Waals surface area contributed by atoms with Crippen LogP contribution in [0.1, 0.15) is 36.0 Å². The Morgan fingerprint density at radius 3 is 2.88 bits per heavy atom. The van der Waals surface area contributed by atoms with Crippen LogP contribution in [0.4, 0.5) is 5.82 Å². The molecule has 0 amide bonds. The second-order valence-electron chi connectivity index (χ2n) is 4.38. The topological polar surface area (TPSA) is 62.2 Å². The zero-order valence-corrected chi connectivity index (χ0v) is 10.2. The van der Waals surface area contributed by atoms with Crippen LogP contribution in [0.3, 0.4) is 0 Å². The van der Waals surface area contributed by atoms with Gasteiger partial charge in [-0.05, 0) is 24.5 Å². The number of hydrogen-bond acceptors (Lipinski definition) is 3. The normalized spacial score (nSPS) is 15.4. The molecule has 1 aliphatic rings. The summed E-state index contributed by atoms with van der Waals surface area (Å²) in [5, 5.41) is 12.2. The van der Waals surface area contributed by atoms with E-state index in [2.05, 4.69) is 10.3 Å². The monoisotopic (exact) mass is 254 g/mol. The summed E-state index contributed by atoms with van der Waals surface area (Å²) in [6, 6.07) is 2.86. The molecule has 0 atom stereocenters. The van der Waals surface area contributed by atoms with Gasteiger partial charge in [0.2, 0.25) is 0 Å². The van der Waals surface area contributed by atoms with Gasteiger partial charge in [-0.1, -0.05) is 30.9 Å². The van der Waals surface area contributed by atoms with E-state index in [0.717, 1.165) is 18.9 Å². The predicted molar refractivity (Wildman–Crippen MR) is 66.7 cm³/mol. The molecule has 1 aromatic rings. The van der Waals surface area contributed by atoms with Crippen molar-refractivity contribution < 1.29 is 9.90 Å². The van der Waals surface area contributed by atoms with Crippen molar-refractivity contribution in [1.82, 2.24) is 4.98 Å². The molecule has 0 radical (unpaired) electrons. The van der Waals surface area contributed by atoms with Gasteiger partial charge in [0.1, 0.15) is 11.0 Å². The van der Waals surface area contributed by atoms with Crippen LogP contribution in [-0.4, -0.2) is 22.6 Å². The third-order valence-electron chi connectivity index (χ3n) is 3.12. The number of hydrogen-bond donors (Lipinski definition) is 2.